The zero-order chi connectivity index (χ0) is 15.3. The van der Waals surface area contributed by atoms with Crippen LogP contribution in [0.4, 0.5) is 4.79 Å². The molecule has 1 fully saturated rings. The Kier molecular flexibility index (Phi) is 5.51. The van der Waals surface area contributed by atoms with Gasteiger partial charge in [0.15, 0.2) is 0 Å². The molecule has 0 radical (unpaired) electrons. The molecule has 1 saturated heterocycles. The Labute approximate surface area is 131 Å². The molecular formula is C16H24N2O2S. The van der Waals surface area contributed by atoms with E-state index in [0.29, 0.717) is 5.92 Å². The molecule has 0 N–H and O–H groups in total. The maximum atomic E-state index is 12.0. The highest BCUT2D eigenvalue weighted by atomic mass is 32.2. The van der Waals surface area contributed by atoms with Gasteiger partial charge >= 0.3 is 6.09 Å². The molecule has 0 bridgehead atoms. The number of hydrogen-bond donors (Lipinski definition) is 0. The van der Waals surface area contributed by atoms with Crippen molar-refractivity contribution in [1.82, 2.24) is 9.88 Å². The van der Waals surface area contributed by atoms with Crippen molar-refractivity contribution >= 4 is 17.9 Å². The molecule has 0 aliphatic carbocycles. The molecule has 1 aromatic rings. The second kappa shape index (κ2) is 7.16. The normalized spacial score (nSPS) is 18.8. The molecule has 0 aromatic carbocycles. The van der Waals surface area contributed by atoms with Crippen molar-refractivity contribution in [2.75, 3.05) is 18.8 Å². The summed E-state index contributed by atoms with van der Waals surface area (Å²) in [7, 11) is 0. The van der Waals surface area contributed by atoms with Crippen LogP contribution >= 0.6 is 11.8 Å². The van der Waals surface area contributed by atoms with Gasteiger partial charge in [0.2, 0.25) is 0 Å². The quantitative estimate of drug-likeness (QED) is 0.853. The minimum atomic E-state index is -0.414. The number of hydrogen-bond acceptors (Lipinski definition) is 4. The summed E-state index contributed by atoms with van der Waals surface area (Å²) in [6.07, 6.45) is 2.71. The lowest BCUT2D eigenvalue weighted by molar-refractivity contribution is 0.0289. The Morgan fingerprint density at radius 2 is 2.29 bits per heavy atom. The van der Waals surface area contributed by atoms with Crippen molar-refractivity contribution in [2.24, 2.45) is 5.92 Å². The van der Waals surface area contributed by atoms with Crippen molar-refractivity contribution in [2.45, 2.75) is 38.5 Å². The number of aromatic nitrogens is 1. The van der Waals surface area contributed by atoms with Crippen molar-refractivity contribution in [3.63, 3.8) is 0 Å². The Morgan fingerprint density at radius 3 is 2.95 bits per heavy atom. The van der Waals surface area contributed by atoms with Crippen molar-refractivity contribution in [3.05, 3.63) is 30.1 Å². The van der Waals surface area contributed by atoms with Crippen LogP contribution in [-0.4, -0.2) is 40.4 Å². The van der Waals surface area contributed by atoms with Crippen LogP contribution < -0.4 is 0 Å². The van der Waals surface area contributed by atoms with Gasteiger partial charge < -0.3 is 9.64 Å². The Hall–Kier alpha value is -1.23. The molecule has 116 valence electrons. The van der Waals surface area contributed by atoms with Crippen molar-refractivity contribution < 1.29 is 9.53 Å². The fourth-order valence-electron chi connectivity index (χ4n) is 2.27. The van der Waals surface area contributed by atoms with E-state index in [9.17, 15) is 4.79 Å². The van der Waals surface area contributed by atoms with E-state index < -0.39 is 5.60 Å². The lowest BCUT2D eigenvalue weighted by Gasteiger charge is -2.24. The van der Waals surface area contributed by atoms with Gasteiger partial charge in [0.05, 0.1) is 5.69 Å². The summed E-state index contributed by atoms with van der Waals surface area (Å²) in [5.74, 6) is 2.56. The molecule has 2 rings (SSSR count). The zero-order valence-corrected chi connectivity index (χ0v) is 13.9. The summed E-state index contributed by atoms with van der Waals surface area (Å²) in [6, 6.07) is 6.00. The minimum absolute atomic E-state index is 0.181. The number of pyridine rings is 1. The maximum absolute atomic E-state index is 12.0. The van der Waals surface area contributed by atoms with Gasteiger partial charge in [-0.05, 0) is 51.0 Å². The highest BCUT2D eigenvalue weighted by Crippen LogP contribution is 2.24. The number of likely N-dealkylation sites (tertiary alicyclic amines) is 1. The van der Waals surface area contributed by atoms with E-state index in [1.165, 1.54) is 0 Å². The SMILES string of the molecule is CC(C)(C)OC(=O)N1CCC(CSCc2ccccn2)C1. The highest BCUT2D eigenvalue weighted by molar-refractivity contribution is 7.98. The third-order valence-corrected chi connectivity index (χ3v) is 4.47. The first-order valence-corrected chi connectivity index (χ1v) is 8.55. The molecule has 1 aliphatic rings. The molecule has 0 saturated carbocycles. The standard InChI is InChI=1S/C16H24N2O2S/c1-16(2,3)20-15(19)18-9-7-13(10-18)11-21-12-14-6-4-5-8-17-14/h4-6,8,13H,7,9-12H2,1-3H3. The van der Waals surface area contributed by atoms with Gasteiger partial charge in [0.25, 0.3) is 0 Å². The van der Waals surface area contributed by atoms with E-state index in [0.717, 1.165) is 36.7 Å². The van der Waals surface area contributed by atoms with Gasteiger partial charge in [-0.1, -0.05) is 6.07 Å². The minimum Gasteiger partial charge on any atom is -0.444 e. The van der Waals surface area contributed by atoms with Crippen LogP contribution in [-0.2, 0) is 10.5 Å². The zero-order valence-electron chi connectivity index (χ0n) is 13.0. The second-order valence-corrected chi connectivity index (χ2v) is 7.45. The number of nitrogens with zero attached hydrogens (tertiary/aromatic N) is 2. The molecule has 4 nitrogen and oxygen atoms in total. The molecule has 21 heavy (non-hydrogen) atoms. The highest BCUT2D eigenvalue weighted by Gasteiger charge is 2.29. The molecule has 1 aromatic heterocycles. The molecule has 1 aliphatic heterocycles. The predicted octanol–water partition coefficient (Wildman–Crippen LogP) is 3.57. The average Bonchev–Trinajstić information content (AvgIpc) is 2.87. The van der Waals surface area contributed by atoms with E-state index in [1.807, 2.05) is 55.8 Å². The lowest BCUT2D eigenvalue weighted by atomic mass is 10.2. The summed E-state index contributed by atoms with van der Waals surface area (Å²) in [5, 5.41) is 0. The summed E-state index contributed by atoms with van der Waals surface area (Å²) in [6.45, 7) is 7.33. The van der Waals surface area contributed by atoms with Crippen LogP contribution in [0.15, 0.2) is 24.4 Å². The van der Waals surface area contributed by atoms with Crippen molar-refractivity contribution in [3.8, 4) is 0 Å². The molecule has 1 amide bonds. The Bertz CT molecular complexity index is 459. The van der Waals surface area contributed by atoms with E-state index >= 15 is 0 Å². The van der Waals surface area contributed by atoms with Crippen LogP contribution in [0.2, 0.25) is 0 Å². The fraction of sp³-hybridized carbons (Fsp3) is 0.625. The molecule has 5 heteroatoms. The molecular weight excluding hydrogens is 284 g/mol. The van der Waals surface area contributed by atoms with Crippen LogP contribution in [0.3, 0.4) is 0 Å². The number of ether oxygens (including phenoxy) is 1. The van der Waals surface area contributed by atoms with Gasteiger partial charge in [0, 0.05) is 25.0 Å². The number of carbonyl (C=O) groups is 1. The predicted molar refractivity (Wildman–Crippen MR) is 86.3 cm³/mol. The van der Waals surface area contributed by atoms with Crippen LogP contribution in [0.5, 0.6) is 0 Å². The largest absolute Gasteiger partial charge is 0.444 e. The molecule has 1 unspecified atom stereocenters. The third-order valence-electron chi connectivity index (χ3n) is 3.27. The first-order chi connectivity index (χ1) is 9.94. The Morgan fingerprint density at radius 1 is 1.48 bits per heavy atom. The number of carbonyl (C=O) groups excluding carboxylic acids is 1. The second-order valence-electron chi connectivity index (χ2n) is 6.42. The monoisotopic (exact) mass is 308 g/mol. The van der Waals surface area contributed by atoms with Crippen LogP contribution in [0.25, 0.3) is 0 Å². The van der Waals surface area contributed by atoms with Crippen LogP contribution in [0, 0.1) is 5.92 Å². The fourth-order valence-corrected chi connectivity index (χ4v) is 3.38. The lowest BCUT2D eigenvalue weighted by Crippen LogP contribution is -2.35. The number of rotatable bonds is 4. The molecule has 1 atom stereocenters. The van der Waals surface area contributed by atoms with Gasteiger partial charge in [-0.15, -0.1) is 0 Å². The van der Waals surface area contributed by atoms with Crippen molar-refractivity contribution in [1.29, 1.82) is 0 Å². The summed E-state index contributed by atoms with van der Waals surface area (Å²) in [4.78, 5) is 18.1. The van der Waals surface area contributed by atoms with E-state index in [4.69, 9.17) is 4.74 Å². The topological polar surface area (TPSA) is 42.4 Å². The van der Waals surface area contributed by atoms with Gasteiger partial charge in [0.1, 0.15) is 5.60 Å². The number of amides is 1. The molecule has 0 spiro atoms. The smallest absolute Gasteiger partial charge is 0.410 e. The summed E-state index contributed by atoms with van der Waals surface area (Å²) >= 11 is 1.89. The van der Waals surface area contributed by atoms with Gasteiger partial charge in [-0.3, -0.25) is 4.98 Å². The Balaban J connectivity index is 1.69. The third kappa shape index (κ3) is 5.58. The average molecular weight is 308 g/mol. The first-order valence-electron chi connectivity index (χ1n) is 7.39. The van der Waals surface area contributed by atoms with Gasteiger partial charge in [-0.25, -0.2) is 4.79 Å². The number of thioether (sulfide) groups is 1. The summed E-state index contributed by atoms with van der Waals surface area (Å²) < 4.78 is 5.41. The maximum Gasteiger partial charge on any atom is 0.410 e. The van der Waals surface area contributed by atoms with Crippen LogP contribution in [0.1, 0.15) is 32.9 Å². The van der Waals surface area contributed by atoms with E-state index in [1.54, 1.807) is 0 Å². The van der Waals surface area contributed by atoms with Gasteiger partial charge in [-0.2, -0.15) is 11.8 Å². The summed E-state index contributed by atoms with van der Waals surface area (Å²) in [5.41, 5.74) is 0.701. The first kappa shape index (κ1) is 16.1. The van der Waals surface area contributed by atoms with E-state index in [2.05, 4.69) is 11.1 Å². The van der Waals surface area contributed by atoms with E-state index in [-0.39, 0.29) is 6.09 Å². The molecule has 2 heterocycles.